The van der Waals surface area contributed by atoms with Crippen molar-refractivity contribution in [2.24, 2.45) is 0 Å². The van der Waals surface area contributed by atoms with Crippen LogP contribution in [-0.2, 0) is 0 Å². The average Bonchev–Trinajstić information content (AvgIpc) is 3.54. The first-order chi connectivity index (χ1) is 24.0. The van der Waals surface area contributed by atoms with Crippen molar-refractivity contribution in [2.45, 2.75) is 12.1 Å². The number of imide groups is 2. The van der Waals surface area contributed by atoms with Crippen LogP contribution in [0.5, 0.6) is 11.5 Å². The van der Waals surface area contributed by atoms with Crippen LogP contribution in [0.3, 0.4) is 0 Å². The maximum Gasteiger partial charge on any atom is 0.262 e. The van der Waals surface area contributed by atoms with Gasteiger partial charge in [0.2, 0.25) is 0 Å². The van der Waals surface area contributed by atoms with Crippen LogP contribution in [0.2, 0.25) is 0 Å². The molecule has 0 N–H and O–H groups in total. The zero-order chi connectivity index (χ0) is 33.5. The Balaban J connectivity index is 1.09. The maximum atomic E-state index is 13.9. The number of ether oxygens (including phenoxy) is 1. The first-order valence-corrected chi connectivity index (χ1v) is 15.9. The predicted molar refractivity (Wildman–Crippen MR) is 183 cm³/mol. The highest BCUT2D eigenvalue weighted by molar-refractivity contribution is 6.22. The Morgan fingerprint density at radius 1 is 0.347 bits per heavy atom. The van der Waals surface area contributed by atoms with Crippen molar-refractivity contribution in [1.29, 1.82) is 0 Å². The molecule has 0 bridgehead atoms. The summed E-state index contributed by atoms with van der Waals surface area (Å²) in [4.78, 5) is 57.9. The molecule has 0 aliphatic carbocycles. The molecule has 8 rings (SSSR count). The summed E-state index contributed by atoms with van der Waals surface area (Å²) in [5, 5.41) is 0. The molecule has 2 aliphatic rings. The highest BCUT2D eigenvalue weighted by Gasteiger charge is 2.43. The molecule has 0 atom stereocenters. The molecule has 2 aliphatic heterocycles. The van der Waals surface area contributed by atoms with Crippen LogP contribution in [0.25, 0.3) is 0 Å². The van der Waals surface area contributed by atoms with Crippen LogP contribution in [-0.4, -0.2) is 33.4 Å². The summed E-state index contributed by atoms with van der Waals surface area (Å²) >= 11 is 0. The lowest BCUT2D eigenvalue weighted by Crippen LogP contribution is -2.34. The molecule has 0 spiro atoms. The molecule has 0 saturated heterocycles. The van der Waals surface area contributed by atoms with E-state index in [2.05, 4.69) is 0 Å². The summed E-state index contributed by atoms with van der Waals surface area (Å²) in [7, 11) is 0. The minimum atomic E-state index is -0.613. The number of rotatable bonds is 8. The number of carbonyl (C=O) groups is 4. The monoisotopic (exact) mass is 640 g/mol. The number of fused-ring (bicyclic) bond motifs is 2. The van der Waals surface area contributed by atoms with Crippen molar-refractivity contribution in [3.8, 4) is 11.5 Å². The standard InChI is InChI=1S/C42H28N2O5/c45-39-33-23-21-31(25-35(33)41(47)43(39)37(27-13-5-1-6-14-27)28-15-7-2-8-16-28)49-32-22-24-34-36(26-32)42(48)44(40(34)46)38(29-17-9-3-10-18-29)30-19-11-4-12-20-30/h1-26,37-38H. The summed E-state index contributed by atoms with van der Waals surface area (Å²) in [5.41, 5.74) is 4.28. The first kappa shape index (κ1) is 29.8. The van der Waals surface area contributed by atoms with Gasteiger partial charge in [-0.3, -0.25) is 29.0 Å². The van der Waals surface area contributed by atoms with Gasteiger partial charge in [-0.15, -0.1) is 0 Å². The zero-order valence-electron chi connectivity index (χ0n) is 26.1. The van der Waals surface area contributed by atoms with E-state index in [-0.39, 0.29) is 22.3 Å². The van der Waals surface area contributed by atoms with Crippen molar-refractivity contribution in [3.05, 3.63) is 202 Å². The van der Waals surface area contributed by atoms with Gasteiger partial charge in [0.1, 0.15) is 11.5 Å². The maximum absolute atomic E-state index is 13.9. The fraction of sp³-hybridized carbons (Fsp3) is 0.0476. The minimum absolute atomic E-state index is 0.228. The average molecular weight is 641 g/mol. The molecule has 7 nitrogen and oxygen atoms in total. The second-order valence-corrected chi connectivity index (χ2v) is 11.9. The number of benzene rings is 6. The molecular weight excluding hydrogens is 612 g/mol. The van der Waals surface area contributed by atoms with Crippen LogP contribution in [0.4, 0.5) is 0 Å². The van der Waals surface area contributed by atoms with Crippen molar-refractivity contribution >= 4 is 23.6 Å². The Hall–Kier alpha value is -6.60. The van der Waals surface area contributed by atoms with Gasteiger partial charge in [0, 0.05) is 0 Å². The highest BCUT2D eigenvalue weighted by atomic mass is 16.5. The van der Waals surface area contributed by atoms with E-state index in [4.69, 9.17) is 4.74 Å². The second kappa shape index (κ2) is 12.2. The topological polar surface area (TPSA) is 84.0 Å². The van der Waals surface area contributed by atoms with E-state index >= 15 is 0 Å². The van der Waals surface area contributed by atoms with Crippen LogP contribution in [0.15, 0.2) is 158 Å². The van der Waals surface area contributed by atoms with Gasteiger partial charge < -0.3 is 4.74 Å². The fourth-order valence-corrected chi connectivity index (χ4v) is 6.73. The van der Waals surface area contributed by atoms with Crippen molar-refractivity contribution in [2.75, 3.05) is 0 Å². The van der Waals surface area contributed by atoms with Crippen LogP contribution in [0.1, 0.15) is 75.8 Å². The Morgan fingerprint density at radius 3 is 0.939 bits per heavy atom. The third kappa shape index (κ3) is 5.18. The summed E-state index contributed by atoms with van der Waals surface area (Å²) in [6, 6.07) is 46.1. The van der Waals surface area contributed by atoms with Gasteiger partial charge >= 0.3 is 0 Å². The molecule has 49 heavy (non-hydrogen) atoms. The van der Waals surface area contributed by atoms with Crippen molar-refractivity contribution in [1.82, 2.24) is 9.80 Å². The van der Waals surface area contributed by atoms with Crippen molar-refractivity contribution in [3.63, 3.8) is 0 Å². The molecule has 0 saturated carbocycles. The fourth-order valence-electron chi connectivity index (χ4n) is 6.73. The first-order valence-electron chi connectivity index (χ1n) is 15.9. The Bertz CT molecular complexity index is 2000. The lowest BCUT2D eigenvalue weighted by Gasteiger charge is -2.27. The van der Waals surface area contributed by atoms with E-state index in [0.717, 1.165) is 22.3 Å². The predicted octanol–water partition coefficient (Wildman–Crippen LogP) is 8.25. The number of carbonyl (C=O) groups excluding carboxylic acids is 4. The minimum Gasteiger partial charge on any atom is -0.457 e. The number of hydrogen-bond acceptors (Lipinski definition) is 5. The molecule has 6 aromatic carbocycles. The van der Waals surface area contributed by atoms with E-state index in [9.17, 15) is 19.2 Å². The van der Waals surface area contributed by atoms with E-state index in [1.54, 1.807) is 36.4 Å². The molecule has 0 radical (unpaired) electrons. The molecule has 7 heteroatoms. The summed E-state index contributed by atoms with van der Waals surface area (Å²) in [6.07, 6.45) is 0. The van der Waals surface area contributed by atoms with Gasteiger partial charge in [0.25, 0.3) is 23.6 Å². The van der Waals surface area contributed by atoms with Gasteiger partial charge in [-0.1, -0.05) is 121 Å². The van der Waals surface area contributed by atoms with Gasteiger partial charge in [-0.05, 0) is 58.7 Å². The lowest BCUT2D eigenvalue weighted by atomic mass is 9.97. The molecule has 4 amide bonds. The molecule has 6 aromatic rings. The van der Waals surface area contributed by atoms with E-state index < -0.39 is 35.7 Å². The van der Waals surface area contributed by atoms with E-state index in [0.29, 0.717) is 11.5 Å². The van der Waals surface area contributed by atoms with E-state index in [1.807, 2.05) is 121 Å². The van der Waals surface area contributed by atoms with Gasteiger partial charge in [0.15, 0.2) is 0 Å². The largest absolute Gasteiger partial charge is 0.457 e. The number of amides is 4. The molecule has 0 fully saturated rings. The highest BCUT2D eigenvalue weighted by Crippen LogP contribution is 2.40. The molecule has 2 heterocycles. The summed E-state index contributed by atoms with van der Waals surface area (Å²) < 4.78 is 6.16. The van der Waals surface area contributed by atoms with Gasteiger partial charge in [-0.25, -0.2) is 0 Å². The Kier molecular flexibility index (Phi) is 7.42. The summed E-state index contributed by atoms with van der Waals surface area (Å²) in [5.74, 6) is -1.01. The van der Waals surface area contributed by atoms with Crippen LogP contribution < -0.4 is 4.74 Å². The SMILES string of the molecule is O=C1c2ccc(Oc3ccc4c(c3)C(=O)N(C(c3ccccc3)c3ccccc3)C4=O)cc2C(=O)N1C(c1ccccc1)c1ccccc1. The third-order valence-electron chi connectivity index (χ3n) is 8.99. The van der Waals surface area contributed by atoms with Crippen LogP contribution >= 0.6 is 0 Å². The van der Waals surface area contributed by atoms with Gasteiger partial charge in [-0.2, -0.15) is 0 Å². The number of nitrogens with zero attached hydrogens (tertiary/aromatic N) is 2. The van der Waals surface area contributed by atoms with Crippen LogP contribution in [0, 0.1) is 0 Å². The Morgan fingerprint density at radius 2 is 0.633 bits per heavy atom. The lowest BCUT2D eigenvalue weighted by molar-refractivity contribution is 0.0593. The normalized spacial score (nSPS) is 13.8. The van der Waals surface area contributed by atoms with Gasteiger partial charge in [0.05, 0.1) is 34.3 Å². The molecular formula is C42H28N2O5. The van der Waals surface area contributed by atoms with Crippen molar-refractivity contribution < 1.29 is 23.9 Å². The molecule has 236 valence electrons. The zero-order valence-corrected chi connectivity index (χ0v) is 26.1. The molecule has 0 unspecified atom stereocenters. The number of hydrogen-bond donors (Lipinski definition) is 0. The smallest absolute Gasteiger partial charge is 0.262 e. The third-order valence-corrected chi connectivity index (χ3v) is 8.99. The van der Waals surface area contributed by atoms with E-state index in [1.165, 1.54) is 9.80 Å². The molecule has 0 aromatic heterocycles. The Labute approximate surface area is 282 Å². The summed E-state index contributed by atoms with van der Waals surface area (Å²) in [6.45, 7) is 0. The second-order valence-electron chi connectivity index (χ2n) is 11.9. The quantitative estimate of drug-likeness (QED) is 0.157.